The number of hydrogen-bond donors (Lipinski definition) is 3. The first-order valence-electron chi connectivity index (χ1n) is 4.41. The fraction of sp³-hybridized carbons (Fsp3) is 0.222. The molecule has 0 aliphatic heterocycles. The van der Waals surface area contributed by atoms with E-state index in [1.807, 2.05) is 0 Å². The van der Waals surface area contributed by atoms with Crippen LogP contribution in [0.25, 0.3) is 0 Å². The van der Waals surface area contributed by atoms with E-state index in [4.69, 9.17) is 10.8 Å². The molecule has 86 valence electrons. The lowest BCUT2D eigenvalue weighted by Gasteiger charge is -2.07. The number of anilines is 1. The molecule has 1 amide bonds. The van der Waals surface area contributed by atoms with Crippen LogP contribution in [0.4, 0.5) is 5.82 Å². The molecule has 1 heterocycles. The summed E-state index contributed by atoms with van der Waals surface area (Å²) in [4.78, 5) is 25.3. The van der Waals surface area contributed by atoms with Gasteiger partial charge in [-0.1, -0.05) is 0 Å². The van der Waals surface area contributed by atoms with Crippen molar-refractivity contribution in [2.24, 2.45) is 5.73 Å². The number of nitrogens with one attached hydrogen (secondary N) is 1. The van der Waals surface area contributed by atoms with Gasteiger partial charge in [-0.3, -0.25) is 4.79 Å². The molecule has 0 aliphatic rings. The number of primary amides is 1. The molecule has 6 nitrogen and oxygen atoms in total. The summed E-state index contributed by atoms with van der Waals surface area (Å²) in [5.41, 5.74) is 5.00. The van der Waals surface area contributed by atoms with Crippen molar-refractivity contribution >= 4 is 33.6 Å². The van der Waals surface area contributed by atoms with E-state index < -0.39 is 11.9 Å². The van der Waals surface area contributed by atoms with E-state index in [0.717, 1.165) is 0 Å². The summed E-state index contributed by atoms with van der Waals surface area (Å²) in [5.74, 6) is -1.33. The van der Waals surface area contributed by atoms with Crippen molar-refractivity contribution in [1.82, 2.24) is 4.98 Å². The summed E-state index contributed by atoms with van der Waals surface area (Å²) < 4.78 is 0.574. The average Bonchev–Trinajstić information content (AvgIpc) is 2.19. The van der Waals surface area contributed by atoms with Crippen molar-refractivity contribution in [2.45, 2.75) is 6.42 Å². The van der Waals surface area contributed by atoms with Crippen LogP contribution >= 0.6 is 15.9 Å². The number of rotatable bonds is 5. The Balaban J connectivity index is 2.78. The van der Waals surface area contributed by atoms with Crippen LogP contribution in [0.5, 0.6) is 0 Å². The molecule has 0 aromatic carbocycles. The van der Waals surface area contributed by atoms with Crippen LogP contribution in [0.3, 0.4) is 0 Å². The van der Waals surface area contributed by atoms with Gasteiger partial charge in [0.2, 0.25) is 5.91 Å². The van der Waals surface area contributed by atoms with Gasteiger partial charge < -0.3 is 16.2 Å². The van der Waals surface area contributed by atoms with Gasteiger partial charge in [-0.2, -0.15) is 0 Å². The predicted octanol–water partition coefficient (Wildman–Crippen LogP) is 0.830. The Kier molecular flexibility index (Phi) is 4.24. The van der Waals surface area contributed by atoms with Crippen LogP contribution < -0.4 is 11.1 Å². The van der Waals surface area contributed by atoms with Crippen molar-refractivity contribution in [1.29, 1.82) is 0 Å². The highest BCUT2D eigenvalue weighted by molar-refractivity contribution is 9.10. The van der Waals surface area contributed by atoms with Crippen molar-refractivity contribution in [3.63, 3.8) is 0 Å². The minimum Gasteiger partial charge on any atom is -0.478 e. The molecule has 0 aliphatic carbocycles. The van der Waals surface area contributed by atoms with Crippen LogP contribution in [-0.4, -0.2) is 28.5 Å². The SMILES string of the molecule is NC(=O)CCNc1ncc(Br)cc1C(=O)O. The third kappa shape index (κ3) is 3.50. The maximum Gasteiger partial charge on any atom is 0.339 e. The van der Waals surface area contributed by atoms with Crippen LogP contribution in [0.1, 0.15) is 16.8 Å². The first-order valence-corrected chi connectivity index (χ1v) is 5.21. The Hall–Kier alpha value is -1.63. The number of amides is 1. The average molecular weight is 288 g/mol. The molecule has 4 N–H and O–H groups in total. The monoisotopic (exact) mass is 287 g/mol. The lowest BCUT2D eigenvalue weighted by atomic mass is 10.2. The molecule has 1 aromatic heterocycles. The summed E-state index contributed by atoms with van der Waals surface area (Å²) >= 11 is 3.13. The number of nitrogens with zero attached hydrogens (tertiary/aromatic N) is 1. The van der Waals surface area contributed by atoms with Crippen LogP contribution in [-0.2, 0) is 4.79 Å². The quantitative estimate of drug-likeness (QED) is 0.744. The molecule has 0 saturated carbocycles. The smallest absolute Gasteiger partial charge is 0.339 e. The standard InChI is InChI=1S/C9H10BrN3O3/c10-5-3-6(9(15)16)8(13-4-5)12-2-1-7(11)14/h3-4H,1-2H2,(H2,11,14)(H,12,13)(H,15,16). The van der Waals surface area contributed by atoms with E-state index >= 15 is 0 Å². The minimum absolute atomic E-state index is 0.0406. The fourth-order valence-corrected chi connectivity index (χ4v) is 1.38. The first kappa shape index (κ1) is 12.4. The topological polar surface area (TPSA) is 105 Å². The van der Waals surface area contributed by atoms with E-state index in [9.17, 15) is 9.59 Å². The number of pyridine rings is 1. The molecule has 1 aromatic rings. The number of carboxylic acid groups (broad SMARTS) is 1. The molecular weight excluding hydrogens is 278 g/mol. The molecular formula is C9H10BrN3O3. The van der Waals surface area contributed by atoms with Gasteiger partial charge >= 0.3 is 5.97 Å². The molecule has 0 fully saturated rings. The summed E-state index contributed by atoms with van der Waals surface area (Å²) in [6, 6.07) is 1.43. The molecule has 7 heteroatoms. The first-order chi connectivity index (χ1) is 7.50. The molecule has 0 spiro atoms. The maximum atomic E-state index is 10.9. The molecule has 0 bridgehead atoms. The number of aromatic carboxylic acids is 1. The van der Waals surface area contributed by atoms with E-state index in [2.05, 4.69) is 26.2 Å². The van der Waals surface area contributed by atoms with E-state index in [-0.39, 0.29) is 24.3 Å². The predicted molar refractivity (Wildman–Crippen MR) is 61.2 cm³/mol. The van der Waals surface area contributed by atoms with Crippen molar-refractivity contribution < 1.29 is 14.7 Å². The highest BCUT2D eigenvalue weighted by Crippen LogP contribution is 2.17. The Morgan fingerprint density at radius 2 is 2.25 bits per heavy atom. The van der Waals surface area contributed by atoms with Gasteiger partial charge in [-0.25, -0.2) is 9.78 Å². The Morgan fingerprint density at radius 1 is 1.56 bits per heavy atom. The van der Waals surface area contributed by atoms with Gasteiger partial charge in [-0.15, -0.1) is 0 Å². The minimum atomic E-state index is -1.09. The molecule has 0 radical (unpaired) electrons. The summed E-state index contributed by atoms with van der Waals surface area (Å²) in [6.07, 6.45) is 1.59. The van der Waals surface area contributed by atoms with E-state index in [1.54, 1.807) is 0 Å². The van der Waals surface area contributed by atoms with Gasteiger partial charge in [-0.05, 0) is 22.0 Å². The number of carbonyl (C=O) groups excluding carboxylic acids is 1. The molecule has 0 saturated heterocycles. The number of hydrogen-bond acceptors (Lipinski definition) is 4. The number of nitrogens with two attached hydrogens (primary N) is 1. The summed E-state index contributed by atoms with van der Waals surface area (Å²) in [6.45, 7) is 0.254. The van der Waals surface area contributed by atoms with E-state index in [1.165, 1.54) is 12.3 Å². The fourth-order valence-electron chi connectivity index (χ4n) is 1.05. The van der Waals surface area contributed by atoms with Crippen LogP contribution in [0.15, 0.2) is 16.7 Å². The van der Waals surface area contributed by atoms with Gasteiger partial charge in [0.15, 0.2) is 0 Å². The zero-order chi connectivity index (χ0) is 12.1. The summed E-state index contributed by atoms with van der Waals surface area (Å²) in [5, 5.41) is 11.6. The second kappa shape index (κ2) is 5.45. The van der Waals surface area contributed by atoms with Crippen molar-refractivity contribution in [3.05, 3.63) is 22.3 Å². The second-order valence-electron chi connectivity index (χ2n) is 3.00. The van der Waals surface area contributed by atoms with Gasteiger partial charge in [0.05, 0.1) is 0 Å². The van der Waals surface area contributed by atoms with Crippen LogP contribution in [0, 0.1) is 0 Å². The Bertz CT molecular complexity index is 422. The number of aromatic nitrogens is 1. The van der Waals surface area contributed by atoms with Gasteiger partial charge in [0, 0.05) is 23.6 Å². The van der Waals surface area contributed by atoms with Crippen molar-refractivity contribution in [2.75, 3.05) is 11.9 Å². The lowest BCUT2D eigenvalue weighted by Crippen LogP contribution is -2.17. The molecule has 16 heavy (non-hydrogen) atoms. The van der Waals surface area contributed by atoms with Crippen LogP contribution in [0.2, 0.25) is 0 Å². The molecule has 1 rings (SSSR count). The molecule has 0 atom stereocenters. The van der Waals surface area contributed by atoms with Gasteiger partial charge in [0.25, 0.3) is 0 Å². The Morgan fingerprint density at radius 3 is 2.81 bits per heavy atom. The zero-order valence-corrected chi connectivity index (χ0v) is 9.82. The largest absolute Gasteiger partial charge is 0.478 e. The van der Waals surface area contributed by atoms with E-state index in [0.29, 0.717) is 4.47 Å². The van der Waals surface area contributed by atoms with Gasteiger partial charge in [0.1, 0.15) is 11.4 Å². The molecule has 0 unspecified atom stereocenters. The third-order valence-electron chi connectivity index (χ3n) is 1.75. The maximum absolute atomic E-state index is 10.9. The second-order valence-corrected chi connectivity index (χ2v) is 3.91. The normalized spacial score (nSPS) is 9.81. The zero-order valence-electron chi connectivity index (χ0n) is 8.24. The highest BCUT2D eigenvalue weighted by atomic mass is 79.9. The summed E-state index contributed by atoms with van der Waals surface area (Å²) in [7, 11) is 0. The van der Waals surface area contributed by atoms with Crippen molar-refractivity contribution in [3.8, 4) is 0 Å². The highest BCUT2D eigenvalue weighted by Gasteiger charge is 2.11. The Labute approximate surface area is 100.0 Å². The number of carboxylic acids is 1. The number of carbonyl (C=O) groups is 2. The lowest BCUT2D eigenvalue weighted by molar-refractivity contribution is -0.117. The number of halogens is 1. The third-order valence-corrected chi connectivity index (χ3v) is 2.18.